The van der Waals surface area contributed by atoms with E-state index >= 15 is 0 Å². The third-order valence-corrected chi connectivity index (χ3v) is 6.45. The van der Waals surface area contributed by atoms with Crippen molar-refractivity contribution in [2.24, 2.45) is 0 Å². The lowest BCUT2D eigenvalue weighted by Gasteiger charge is -2.09. The molecular formula is C28H18FN3OS. The lowest BCUT2D eigenvalue weighted by molar-refractivity contribution is -0.112. The Kier molecular flexibility index (Phi) is 5.86. The molecule has 0 radical (unpaired) electrons. The first-order valence-electron chi connectivity index (χ1n) is 10.6. The maximum absolute atomic E-state index is 13.1. The van der Waals surface area contributed by atoms with Crippen LogP contribution in [0.3, 0.4) is 0 Å². The minimum Gasteiger partial charge on any atom is -0.297 e. The summed E-state index contributed by atoms with van der Waals surface area (Å²) in [5, 5.41) is 16.9. The average molecular weight is 464 g/mol. The Morgan fingerprint density at radius 2 is 1.65 bits per heavy atom. The molecule has 34 heavy (non-hydrogen) atoms. The zero-order chi connectivity index (χ0) is 23.5. The van der Waals surface area contributed by atoms with Crippen LogP contribution in [0.15, 0.2) is 90.6 Å². The van der Waals surface area contributed by atoms with E-state index in [2.05, 4.69) is 16.4 Å². The van der Waals surface area contributed by atoms with Crippen LogP contribution in [0.5, 0.6) is 0 Å². The predicted octanol–water partition coefficient (Wildman–Crippen LogP) is 6.73. The normalized spacial score (nSPS) is 11.5. The maximum atomic E-state index is 13.1. The Labute approximate surface area is 199 Å². The molecule has 1 amide bonds. The van der Waals surface area contributed by atoms with Gasteiger partial charge in [-0.25, -0.2) is 9.37 Å². The van der Waals surface area contributed by atoms with Gasteiger partial charge in [0.1, 0.15) is 17.5 Å². The van der Waals surface area contributed by atoms with Crippen LogP contribution in [-0.2, 0) is 11.2 Å². The highest BCUT2D eigenvalue weighted by atomic mass is 32.1. The number of fused-ring (bicyclic) bond motifs is 2. The first-order chi connectivity index (χ1) is 16.6. The van der Waals surface area contributed by atoms with Crippen LogP contribution in [0, 0.1) is 17.1 Å². The fourth-order valence-electron chi connectivity index (χ4n) is 3.91. The number of hydrogen-bond acceptors (Lipinski definition) is 4. The number of nitriles is 1. The number of nitrogens with zero attached hydrogens (tertiary/aromatic N) is 2. The summed E-state index contributed by atoms with van der Waals surface area (Å²) >= 11 is 1.33. The van der Waals surface area contributed by atoms with E-state index < -0.39 is 5.91 Å². The SMILES string of the molecule is N#CC(=Cc1c2ccccc2cc2ccccc12)C(=O)Nc1ncc(Cc2ccc(F)cc2)s1. The molecule has 1 N–H and O–H groups in total. The van der Waals surface area contributed by atoms with Crippen LogP contribution < -0.4 is 5.32 Å². The van der Waals surface area contributed by atoms with Crippen LogP contribution in [0.2, 0.25) is 0 Å². The number of hydrogen-bond donors (Lipinski definition) is 1. The van der Waals surface area contributed by atoms with E-state index in [-0.39, 0.29) is 11.4 Å². The molecule has 0 aliphatic carbocycles. The molecule has 0 fully saturated rings. The summed E-state index contributed by atoms with van der Waals surface area (Å²) in [5.41, 5.74) is 1.77. The molecule has 0 aliphatic heterocycles. The van der Waals surface area contributed by atoms with Crippen LogP contribution in [0.1, 0.15) is 16.0 Å². The van der Waals surface area contributed by atoms with Crippen molar-refractivity contribution in [1.29, 1.82) is 5.26 Å². The van der Waals surface area contributed by atoms with E-state index in [1.165, 1.54) is 23.5 Å². The number of amides is 1. The van der Waals surface area contributed by atoms with Crippen molar-refractivity contribution < 1.29 is 9.18 Å². The predicted molar refractivity (Wildman–Crippen MR) is 135 cm³/mol. The number of aromatic nitrogens is 1. The molecule has 1 heterocycles. The number of benzene rings is 4. The zero-order valence-corrected chi connectivity index (χ0v) is 18.8. The molecule has 164 valence electrons. The molecule has 5 aromatic rings. The van der Waals surface area contributed by atoms with Gasteiger partial charge in [0.25, 0.3) is 5.91 Å². The molecule has 0 aliphatic rings. The quantitative estimate of drug-likeness (QED) is 0.179. The monoisotopic (exact) mass is 463 g/mol. The summed E-state index contributed by atoms with van der Waals surface area (Å²) < 4.78 is 13.1. The highest BCUT2D eigenvalue weighted by molar-refractivity contribution is 7.15. The third-order valence-electron chi connectivity index (χ3n) is 5.53. The molecule has 5 rings (SSSR count). The van der Waals surface area contributed by atoms with Gasteiger partial charge in [-0.1, -0.05) is 60.7 Å². The van der Waals surface area contributed by atoms with Gasteiger partial charge in [0, 0.05) is 17.5 Å². The Morgan fingerprint density at radius 1 is 1.00 bits per heavy atom. The lowest BCUT2D eigenvalue weighted by Crippen LogP contribution is -2.13. The highest BCUT2D eigenvalue weighted by Crippen LogP contribution is 2.30. The minimum absolute atomic E-state index is 0.00297. The summed E-state index contributed by atoms with van der Waals surface area (Å²) in [6.45, 7) is 0. The largest absolute Gasteiger partial charge is 0.297 e. The summed E-state index contributed by atoms with van der Waals surface area (Å²) in [5.74, 6) is -0.794. The van der Waals surface area contributed by atoms with Gasteiger partial charge in [-0.05, 0) is 56.9 Å². The summed E-state index contributed by atoms with van der Waals surface area (Å²) in [6, 6.07) is 26.3. The van der Waals surface area contributed by atoms with Crippen molar-refractivity contribution >= 4 is 50.0 Å². The number of halogens is 1. The number of carbonyl (C=O) groups excluding carboxylic acids is 1. The number of carbonyl (C=O) groups is 1. The van der Waals surface area contributed by atoms with E-state index in [0.717, 1.165) is 37.5 Å². The van der Waals surface area contributed by atoms with Crippen molar-refractivity contribution in [1.82, 2.24) is 4.98 Å². The van der Waals surface area contributed by atoms with E-state index in [0.29, 0.717) is 11.6 Å². The second-order valence-corrected chi connectivity index (χ2v) is 8.91. The first kappa shape index (κ1) is 21.5. The molecule has 6 heteroatoms. The maximum Gasteiger partial charge on any atom is 0.268 e. The van der Waals surface area contributed by atoms with Crippen molar-refractivity contribution in [3.63, 3.8) is 0 Å². The van der Waals surface area contributed by atoms with Gasteiger partial charge in [0.2, 0.25) is 0 Å². The van der Waals surface area contributed by atoms with Gasteiger partial charge in [-0.3, -0.25) is 10.1 Å². The second kappa shape index (κ2) is 9.26. The number of rotatable bonds is 5. The van der Waals surface area contributed by atoms with E-state index in [9.17, 15) is 14.4 Å². The highest BCUT2D eigenvalue weighted by Gasteiger charge is 2.14. The third kappa shape index (κ3) is 4.42. The van der Waals surface area contributed by atoms with Crippen LogP contribution in [0.4, 0.5) is 9.52 Å². The number of thiazole rings is 1. The molecular weight excluding hydrogens is 445 g/mol. The molecule has 0 unspecified atom stereocenters. The van der Waals surface area contributed by atoms with Gasteiger partial charge in [-0.2, -0.15) is 5.26 Å². The molecule has 0 saturated carbocycles. The van der Waals surface area contributed by atoms with Crippen molar-refractivity contribution in [2.45, 2.75) is 6.42 Å². The molecule has 1 aromatic heterocycles. The van der Waals surface area contributed by atoms with Gasteiger partial charge >= 0.3 is 0 Å². The van der Waals surface area contributed by atoms with Crippen molar-refractivity contribution in [3.05, 3.63) is 112 Å². The summed E-state index contributed by atoms with van der Waals surface area (Å²) in [7, 11) is 0. The average Bonchev–Trinajstić information content (AvgIpc) is 3.29. The second-order valence-electron chi connectivity index (χ2n) is 7.79. The smallest absolute Gasteiger partial charge is 0.268 e. The van der Waals surface area contributed by atoms with Crippen molar-refractivity contribution in [3.8, 4) is 6.07 Å². The lowest BCUT2D eigenvalue weighted by atomic mass is 9.95. The van der Waals surface area contributed by atoms with Crippen LogP contribution >= 0.6 is 11.3 Å². The fraction of sp³-hybridized carbons (Fsp3) is 0.0357. The molecule has 0 atom stereocenters. The van der Waals surface area contributed by atoms with Gasteiger partial charge in [0.05, 0.1) is 0 Å². The number of nitrogens with one attached hydrogen (secondary N) is 1. The fourth-order valence-corrected chi connectivity index (χ4v) is 4.75. The molecule has 0 spiro atoms. The van der Waals surface area contributed by atoms with E-state index in [4.69, 9.17) is 0 Å². The standard InChI is InChI=1S/C28H18FN3OS/c29-22-11-9-18(10-12-22)13-23-17-31-28(34-23)32-27(33)21(16-30)15-26-24-7-3-1-5-19(24)14-20-6-2-4-8-25(20)26/h1-12,14-15,17H,13H2,(H,31,32,33). The van der Waals surface area contributed by atoms with Gasteiger partial charge < -0.3 is 0 Å². The molecule has 0 bridgehead atoms. The van der Waals surface area contributed by atoms with E-state index in [1.54, 1.807) is 24.4 Å². The van der Waals surface area contributed by atoms with Gasteiger partial charge in [-0.15, -0.1) is 11.3 Å². The molecule has 4 nitrogen and oxygen atoms in total. The first-order valence-corrected chi connectivity index (χ1v) is 11.4. The molecule has 0 saturated heterocycles. The summed E-state index contributed by atoms with van der Waals surface area (Å²) in [4.78, 5) is 18.1. The molecule has 4 aromatic carbocycles. The summed E-state index contributed by atoms with van der Waals surface area (Å²) in [6.07, 6.45) is 3.90. The Hall–Kier alpha value is -4.34. The Morgan fingerprint density at radius 3 is 2.29 bits per heavy atom. The zero-order valence-electron chi connectivity index (χ0n) is 18.0. The number of anilines is 1. The van der Waals surface area contributed by atoms with E-state index in [1.807, 2.05) is 54.6 Å². The Balaban J connectivity index is 1.44. The van der Waals surface area contributed by atoms with Crippen LogP contribution in [0.25, 0.3) is 27.6 Å². The minimum atomic E-state index is -0.512. The Bertz CT molecular complexity index is 1540. The van der Waals surface area contributed by atoms with Crippen LogP contribution in [-0.4, -0.2) is 10.9 Å². The van der Waals surface area contributed by atoms with Gasteiger partial charge in [0.15, 0.2) is 5.13 Å². The topological polar surface area (TPSA) is 65.8 Å². The van der Waals surface area contributed by atoms with Crippen molar-refractivity contribution in [2.75, 3.05) is 5.32 Å².